The van der Waals surface area contributed by atoms with Crippen molar-refractivity contribution in [2.75, 3.05) is 21.3 Å². The molecule has 0 aliphatic heterocycles. The first-order valence-electron chi connectivity index (χ1n) is 52.1. The third-order valence-corrected chi connectivity index (χ3v) is 32.7. The number of nitrogens with one attached hydrogen (secondary N) is 12. The maximum absolute atomic E-state index is 13.3. The second kappa shape index (κ2) is 40.5. The zero-order valence-corrected chi connectivity index (χ0v) is 82.4. The van der Waals surface area contributed by atoms with Crippen LogP contribution in [0.25, 0.3) is 89.7 Å². The summed E-state index contributed by atoms with van der Waals surface area (Å²) < 4.78 is 0. The number of carbonyl (C=O) groups is 8. The van der Waals surface area contributed by atoms with E-state index in [9.17, 15) is 38.4 Å². The van der Waals surface area contributed by atoms with E-state index in [-0.39, 0.29) is 58.8 Å². The van der Waals surface area contributed by atoms with Crippen LogP contribution in [-0.2, 0) is 0 Å². The maximum atomic E-state index is 13.3. The Morgan fingerprint density at radius 1 is 0.306 bits per heavy atom. The van der Waals surface area contributed by atoms with Crippen molar-refractivity contribution in [3.63, 3.8) is 0 Å². The minimum Gasteiger partial charge on any atom is -0.349 e. The Hall–Kier alpha value is -16.0. The first-order chi connectivity index (χ1) is 71.5. The fourth-order valence-electron chi connectivity index (χ4n) is 26.2. The van der Waals surface area contributed by atoms with Gasteiger partial charge in [0, 0.05) is 115 Å². The van der Waals surface area contributed by atoms with E-state index in [2.05, 4.69) is 94.3 Å². The molecule has 2 atom stereocenters. The van der Waals surface area contributed by atoms with E-state index in [0.717, 1.165) is 151 Å². The Bertz CT molecular complexity index is 7560. The molecule has 8 aromatic heterocycles. The number of H-pyrrole nitrogens is 4. The van der Waals surface area contributed by atoms with Crippen LogP contribution in [0.1, 0.15) is 229 Å². The Kier molecular flexibility index (Phi) is 26.1. The van der Waals surface area contributed by atoms with E-state index in [0.29, 0.717) is 132 Å². The van der Waals surface area contributed by atoms with Gasteiger partial charge in [0.05, 0.1) is 67.9 Å². The predicted octanol–water partition coefficient (Wildman–Crippen LogP) is 22.2. The minimum absolute atomic E-state index is 0.00893. The van der Waals surface area contributed by atoms with Crippen molar-refractivity contribution in [2.45, 2.75) is 173 Å². The number of carbonyl (C=O) groups excluding carboxylic acids is 8. The van der Waals surface area contributed by atoms with Gasteiger partial charge in [-0.1, -0.05) is 80.4 Å². The molecule has 8 aromatic carbocycles. The first-order valence-corrected chi connectivity index (χ1v) is 52.1. The highest BCUT2D eigenvalue weighted by molar-refractivity contribution is 6.08. The lowest BCUT2D eigenvalue weighted by Crippen LogP contribution is -2.59. The molecule has 29 rings (SSSR count). The van der Waals surface area contributed by atoms with Crippen LogP contribution < -0.4 is 42.5 Å². The summed E-state index contributed by atoms with van der Waals surface area (Å²) in [4.78, 5) is 151. The highest BCUT2D eigenvalue weighted by Gasteiger charge is 2.53. The molecule has 8 heterocycles. The van der Waals surface area contributed by atoms with Gasteiger partial charge >= 0.3 is 0 Å². The fraction of sp³-hybridized carbons (Fsp3) is 0.328. The molecule has 13 saturated carbocycles. The molecule has 0 saturated heterocycles. The summed E-state index contributed by atoms with van der Waals surface area (Å²) in [6.45, 7) is 6.11. The number of anilines is 4. The van der Waals surface area contributed by atoms with Crippen LogP contribution in [0, 0.1) is 84.9 Å². The SMILES string of the molecule is Cc1ccc(NC(=O)c2ccc(-c3nc4ccc(C(=O)NC5C6CC7CC(C6)CC5C7)cc4[nH]3)cc2)nc1.Cc1ccc(NC(=O)c2ccc(-c3nc4ccc(C(=O)NC5CCCCC5C)cc4[nH]3)cc2)nc1.O=C(Nc1cccnc1)c1ccc(-c2nc3ccc(C(=O)NC45CC6CC(CC(C6)C4)C5)cc3[nH]2)cc1.O=C(Nc1cccnc1)c1ccc(-c2nc3ccc(C(=O)NC4C5CC6CC(C5)CC4C6)cc3[nH]2)cc1. The van der Waals surface area contributed by atoms with Crippen molar-refractivity contribution in [1.29, 1.82) is 0 Å². The molecule has 13 aliphatic rings. The molecule has 13 aliphatic carbocycles. The number of pyridine rings is 4. The molecular formula is C119H118N20O8. The Balaban J connectivity index is 0.000000108. The quantitative estimate of drug-likeness (QED) is 0.0337. The number of hydrogen-bond donors (Lipinski definition) is 12. The van der Waals surface area contributed by atoms with Crippen molar-refractivity contribution in [2.24, 2.45) is 71.0 Å². The monoisotopic (exact) mass is 1950 g/mol. The van der Waals surface area contributed by atoms with Crippen LogP contribution in [-0.4, -0.2) is 131 Å². The highest BCUT2D eigenvalue weighted by Crippen LogP contribution is 2.58. The van der Waals surface area contributed by atoms with E-state index in [4.69, 9.17) is 15.0 Å². The normalized spacial score (nSPS) is 23.8. The van der Waals surface area contributed by atoms with Crippen molar-refractivity contribution in [3.05, 3.63) is 311 Å². The van der Waals surface area contributed by atoms with Gasteiger partial charge in [0.15, 0.2) is 0 Å². The van der Waals surface area contributed by atoms with Crippen LogP contribution in [0.4, 0.5) is 23.0 Å². The Labute approximate surface area is 850 Å². The number of aromatic amines is 4. The summed E-state index contributed by atoms with van der Waals surface area (Å²) in [7, 11) is 0. The molecule has 2 unspecified atom stereocenters. The third-order valence-electron chi connectivity index (χ3n) is 32.7. The van der Waals surface area contributed by atoms with E-state index in [1.165, 1.54) is 96.3 Å². The van der Waals surface area contributed by atoms with Crippen molar-refractivity contribution < 1.29 is 38.4 Å². The number of fused-ring (bicyclic) bond motifs is 4. The second-order valence-electron chi connectivity index (χ2n) is 43.2. The second-order valence-corrected chi connectivity index (χ2v) is 43.2. The molecule has 0 radical (unpaired) electrons. The number of rotatable bonds is 20. The number of aromatic nitrogens is 12. The molecule has 0 spiro atoms. The molecular weight excluding hydrogens is 1840 g/mol. The van der Waals surface area contributed by atoms with Gasteiger partial charge in [0.25, 0.3) is 47.3 Å². The van der Waals surface area contributed by atoms with Crippen LogP contribution in [0.5, 0.6) is 0 Å². The van der Waals surface area contributed by atoms with Gasteiger partial charge < -0.3 is 62.5 Å². The highest BCUT2D eigenvalue weighted by atomic mass is 16.2. The average Bonchev–Trinajstić information content (AvgIpc) is 1.69. The summed E-state index contributed by atoms with van der Waals surface area (Å²) in [5.74, 6) is 12.0. The minimum atomic E-state index is -0.222. The zero-order chi connectivity index (χ0) is 100. The number of aryl methyl sites for hydroxylation is 2. The molecule has 16 aromatic rings. The van der Waals surface area contributed by atoms with E-state index in [1.807, 2.05) is 147 Å². The lowest BCUT2D eigenvalue weighted by Gasteiger charge is -2.56. The molecule has 28 heteroatoms. The Morgan fingerprint density at radius 3 is 0.925 bits per heavy atom. The third kappa shape index (κ3) is 20.9. The van der Waals surface area contributed by atoms with Gasteiger partial charge in [-0.15, -0.1) is 0 Å². The number of imidazole rings is 4. The molecule has 742 valence electrons. The van der Waals surface area contributed by atoms with E-state index in [1.54, 1.807) is 122 Å². The predicted molar refractivity (Wildman–Crippen MR) is 568 cm³/mol. The number of amides is 8. The van der Waals surface area contributed by atoms with Crippen LogP contribution in [0.2, 0.25) is 0 Å². The van der Waals surface area contributed by atoms with Gasteiger partial charge in [-0.2, -0.15) is 0 Å². The summed E-state index contributed by atoms with van der Waals surface area (Å²) in [5, 5.41) is 24.8. The summed E-state index contributed by atoms with van der Waals surface area (Å²) >= 11 is 0. The van der Waals surface area contributed by atoms with Gasteiger partial charge in [0.1, 0.15) is 34.9 Å². The van der Waals surface area contributed by atoms with Crippen LogP contribution in [0.15, 0.2) is 256 Å². The maximum Gasteiger partial charge on any atom is 0.256 e. The summed E-state index contributed by atoms with van der Waals surface area (Å²) in [5.41, 5.74) is 18.1. The van der Waals surface area contributed by atoms with Crippen molar-refractivity contribution in [1.82, 2.24) is 81.1 Å². The number of hydrogen-bond acceptors (Lipinski definition) is 16. The molecule has 147 heavy (non-hydrogen) atoms. The lowest BCUT2D eigenvalue weighted by atomic mass is 9.53. The van der Waals surface area contributed by atoms with Crippen LogP contribution >= 0.6 is 0 Å². The molecule has 13 fully saturated rings. The fourth-order valence-corrected chi connectivity index (χ4v) is 26.2. The molecule has 12 N–H and O–H groups in total. The van der Waals surface area contributed by atoms with Gasteiger partial charge in [-0.3, -0.25) is 48.3 Å². The lowest BCUT2D eigenvalue weighted by molar-refractivity contribution is -0.0167. The average molecular weight is 1960 g/mol. The number of nitrogens with zero attached hydrogens (tertiary/aromatic N) is 8. The van der Waals surface area contributed by atoms with E-state index < -0.39 is 0 Å². The Morgan fingerprint density at radius 2 is 0.612 bits per heavy atom. The molecule has 8 amide bonds. The van der Waals surface area contributed by atoms with Crippen molar-refractivity contribution in [3.8, 4) is 45.6 Å². The van der Waals surface area contributed by atoms with Crippen LogP contribution in [0.3, 0.4) is 0 Å². The zero-order valence-electron chi connectivity index (χ0n) is 82.4. The van der Waals surface area contributed by atoms with Gasteiger partial charge in [-0.25, -0.2) is 29.9 Å². The molecule has 28 nitrogen and oxygen atoms in total. The largest absolute Gasteiger partial charge is 0.349 e. The van der Waals surface area contributed by atoms with Crippen molar-refractivity contribution >= 4 is 114 Å². The van der Waals surface area contributed by atoms with Gasteiger partial charge in [-0.05, 0) is 369 Å². The van der Waals surface area contributed by atoms with Gasteiger partial charge in [0.2, 0.25) is 0 Å². The summed E-state index contributed by atoms with van der Waals surface area (Å²) in [6.07, 6.45) is 35.1. The standard InChI is InChI=1S/C31H31N5O2.2C30H29N5O2.C28H29N5O2/c1-17-2-9-27(32-16-17)35-30(37)21-5-3-20(4-6-21)29-33-25-8-7-22(15-26(25)34-29)31(38)36-28-23-11-18-10-19(13-23)14-24(28)12-18;36-28(32-24-2-1-9-31-17-24)22-5-3-21(4-6-22)27-33-25-8-7-23(13-26(25)34-27)29(37)35-30-14-18-10-19(15-30)12-20(11-18)16-30;36-29(32-24-2-1-9-31-16-24)20-5-3-19(4-6-20)28-33-25-8-7-21(15-26(25)34-28)30(37)35-27-22-11-17-10-18(13-22)14-23(27)12-17;1-17-7-14-25(29-16-17)33-27(34)20-10-8-19(9-11-20)26-30-23-13-12-21(15-24(23)31-26)28(35)32-22-6-4-3-5-18(22)2/h2-9,15-16,18-19,23-24,28H,10-14H2,1H3,(H,33,34)(H,36,38)(H,32,35,37);1-9,13,17-20H,10-12,14-16H2,(H,32,36)(H,33,34)(H,35,37);1-9,15-18,22-23,27H,10-14H2,(H,32,36)(H,33,34)(H,35,37);7-16,18,22H,3-6H2,1-2H3,(H,30,31)(H,32,35)(H,29,33,34). The number of benzene rings is 8. The summed E-state index contributed by atoms with van der Waals surface area (Å²) in [6, 6.07) is 67.0. The first kappa shape index (κ1) is 94.6. The van der Waals surface area contributed by atoms with E-state index >= 15 is 0 Å². The molecule has 12 bridgehead atoms. The smallest absolute Gasteiger partial charge is 0.256 e. The topological polar surface area (TPSA) is 399 Å².